The van der Waals surface area contributed by atoms with Crippen LogP contribution in [0.3, 0.4) is 0 Å². The highest BCUT2D eigenvalue weighted by molar-refractivity contribution is 5.97. The van der Waals surface area contributed by atoms with Gasteiger partial charge < -0.3 is 20.5 Å². The van der Waals surface area contributed by atoms with E-state index in [0.29, 0.717) is 18.9 Å². The van der Waals surface area contributed by atoms with Crippen LogP contribution in [0.4, 0.5) is 27.6 Å². The van der Waals surface area contributed by atoms with E-state index >= 15 is 0 Å². The van der Waals surface area contributed by atoms with Gasteiger partial charge in [-0.05, 0) is 38.0 Å². The predicted octanol–water partition coefficient (Wildman–Crippen LogP) is 3.89. The van der Waals surface area contributed by atoms with Crippen molar-refractivity contribution in [3.05, 3.63) is 53.4 Å². The standard InChI is InChI=1S/C25H24F5N3O5/c1-11-18(14-5-6-15(26)19(27)20(14)37-10-17(34)12-3-4-12)21(38-24(11,2)25(28,29)30)23(36)33-13-7-8-32-16(9-13)22(31)35/h5-9,11-12,18,21H,3-4,10H2,1-2H3,(H2,31,35)(H,32,33,36)/t11-,18-,21+,24+/m0/s1. The molecular formula is C25H24F5N3O5. The number of nitrogens with two attached hydrogens (primary N) is 1. The van der Waals surface area contributed by atoms with Crippen LogP contribution in [0.15, 0.2) is 30.5 Å². The Hall–Kier alpha value is -3.61. The molecule has 0 bridgehead atoms. The van der Waals surface area contributed by atoms with Gasteiger partial charge in [-0.15, -0.1) is 0 Å². The van der Waals surface area contributed by atoms with Crippen LogP contribution in [-0.4, -0.2) is 47.1 Å². The van der Waals surface area contributed by atoms with Gasteiger partial charge in [-0.1, -0.05) is 13.0 Å². The number of primary amides is 1. The number of alkyl halides is 3. The van der Waals surface area contributed by atoms with Crippen LogP contribution in [0.5, 0.6) is 5.75 Å². The van der Waals surface area contributed by atoms with Crippen molar-refractivity contribution in [2.45, 2.75) is 50.5 Å². The zero-order chi connectivity index (χ0) is 28.0. The van der Waals surface area contributed by atoms with Gasteiger partial charge in [0.15, 0.2) is 23.0 Å². The Morgan fingerprint density at radius 2 is 1.89 bits per heavy atom. The van der Waals surface area contributed by atoms with Crippen LogP contribution in [-0.2, 0) is 14.3 Å². The molecule has 4 rings (SSSR count). The Kier molecular flexibility index (Phi) is 7.17. The van der Waals surface area contributed by atoms with Gasteiger partial charge in [-0.2, -0.15) is 17.6 Å². The maximum absolute atomic E-state index is 14.9. The van der Waals surface area contributed by atoms with Crippen LogP contribution in [0.1, 0.15) is 48.7 Å². The number of carbonyl (C=O) groups excluding carboxylic acids is 3. The first-order valence-electron chi connectivity index (χ1n) is 11.7. The number of benzene rings is 1. The van der Waals surface area contributed by atoms with Gasteiger partial charge in [0.25, 0.3) is 11.8 Å². The molecule has 0 radical (unpaired) electrons. The van der Waals surface area contributed by atoms with Gasteiger partial charge in [-0.3, -0.25) is 19.4 Å². The quantitative estimate of drug-likeness (QED) is 0.490. The largest absolute Gasteiger partial charge is 0.482 e. The van der Waals surface area contributed by atoms with Crippen LogP contribution in [0.2, 0.25) is 0 Å². The number of halogens is 5. The molecule has 2 aliphatic rings. The van der Waals surface area contributed by atoms with E-state index in [1.807, 2.05) is 0 Å². The topological polar surface area (TPSA) is 121 Å². The molecule has 4 atom stereocenters. The third-order valence-corrected chi connectivity index (χ3v) is 7.04. The van der Waals surface area contributed by atoms with E-state index in [1.165, 1.54) is 13.0 Å². The highest BCUT2D eigenvalue weighted by Gasteiger charge is 2.66. The first-order chi connectivity index (χ1) is 17.7. The molecule has 8 nitrogen and oxygen atoms in total. The molecule has 2 aromatic rings. The summed E-state index contributed by atoms with van der Waals surface area (Å²) in [5.41, 5.74) is 1.84. The Morgan fingerprint density at radius 3 is 2.50 bits per heavy atom. The first-order valence-corrected chi connectivity index (χ1v) is 11.7. The maximum atomic E-state index is 14.9. The second-order valence-corrected chi connectivity index (χ2v) is 9.55. The average Bonchev–Trinajstić information content (AvgIpc) is 3.66. The van der Waals surface area contributed by atoms with Crippen molar-refractivity contribution in [2.24, 2.45) is 17.6 Å². The van der Waals surface area contributed by atoms with Crippen molar-refractivity contribution < 1.29 is 45.8 Å². The lowest BCUT2D eigenvalue weighted by molar-refractivity contribution is -0.272. The molecule has 38 heavy (non-hydrogen) atoms. The lowest BCUT2D eigenvalue weighted by Crippen LogP contribution is -2.47. The van der Waals surface area contributed by atoms with E-state index in [1.54, 1.807) is 0 Å². The Labute approximate surface area is 213 Å². The fourth-order valence-electron chi connectivity index (χ4n) is 4.50. The molecule has 3 N–H and O–H groups in total. The van der Waals surface area contributed by atoms with Gasteiger partial charge in [0.2, 0.25) is 5.82 Å². The number of aromatic nitrogens is 1. The molecule has 0 unspecified atom stereocenters. The lowest BCUT2D eigenvalue weighted by Gasteiger charge is -2.32. The van der Waals surface area contributed by atoms with Crippen molar-refractivity contribution in [1.82, 2.24) is 4.98 Å². The fourth-order valence-corrected chi connectivity index (χ4v) is 4.50. The summed E-state index contributed by atoms with van der Waals surface area (Å²) in [5, 5.41) is 2.37. The van der Waals surface area contributed by atoms with Crippen molar-refractivity contribution in [3.63, 3.8) is 0 Å². The molecule has 0 spiro atoms. The number of amides is 2. The minimum absolute atomic E-state index is 0.00814. The molecule has 1 saturated heterocycles. The van der Waals surface area contributed by atoms with Gasteiger partial charge in [0, 0.05) is 35.2 Å². The third-order valence-electron chi connectivity index (χ3n) is 7.04. The van der Waals surface area contributed by atoms with Gasteiger partial charge >= 0.3 is 6.18 Å². The second kappa shape index (κ2) is 9.93. The lowest BCUT2D eigenvalue weighted by atomic mass is 9.77. The van der Waals surface area contributed by atoms with Gasteiger partial charge in [0.1, 0.15) is 18.4 Å². The molecular weight excluding hydrogens is 517 g/mol. The number of nitrogens with zero attached hydrogens (tertiary/aromatic N) is 1. The molecule has 1 aromatic carbocycles. The van der Waals surface area contributed by atoms with E-state index in [0.717, 1.165) is 25.3 Å². The zero-order valence-electron chi connectivity index (χ0n) is 20.3. The number of anilines is 1. The van der Waals surface area contributed by atoms with Crippen LogP contribution >= 0.6 is 0 Å². The number of hydrogen-bond donors (Lipinski definition) is 2. The van der Waals surface area contributed by atoms with Crippen molar-refractivity contribution in [3.8, 4) is 5.75 Å². The van der Waals surface area contributed by atoms with Crippen LogP contribution in [0, 0.1) is 23.5 Å². The smallest absolute Gasteiger partial charge is 0.417 e. The van der Waals surface area contributed by atoms with E-state index in [2.05, 4.69) is 10.3 Å². The second-order valence-electron chi connectivity index (χ2n) is 9.55. The molecule has 13 heteroatoms. The number of Topliss-reactive ketones (excluding diaryl/α,β-unsaturated/α-hetero) is 1. The highest BCUT2D eigenvalue weighted by Crippen LogP contribution is 2.55. The van der Waals surface area contributed by atoms with Crippen molar-refractivity contribution in [2.75, 3.05) is 11.9 Å². The fraction of sp³-hybridized carbons (Fsp3) is 0.440. The molecule has 204 valence electrons. The molecule has 2 fully saturated rings. The number of hydrogen-bond acceptors (Lipinski definition) is 6. The van der Waals surface area contributed by atoms with Crippen LogP contribution < -0.4 is 15.8 Å². The Balaban J connectivity index is 1.74. The zero-order valence-corrected chi connectivity index (χ0v) is 20.3. The maximum Gasteiger partial charge on any atom is 0.417 e. The molecule has 2 amide bonds. The van der Waals surface area contributed by atoms with Crippen molar-refractivity contribution in [1.29, 1.82) is 0 Å². The summed E-state index contributed by atoms with van der Waals surface area (Å²) in [6.07, 6.45) is -4.38. The number of pyridine rings is 1. The monoisotopic (exact) mass is 541 g/mol. The summed E-state index contributed by atoms with van der Waals surface area (Å²) in [6.45, 7) is 1.32. The van der Waals surface area contributed by atoms with E-state index in [4.69, 9.17) is 15.2 Å². The average molecular weight is 541 g/mol. The summed E-state index contributed by atoms with van der Waals surface area (Å²) in [7, 11) is 0. The highest BCUT2D eigenvalue weighted by atomic mass is 19.4. The first kappa shape index (κ1) is 27.4. The number of rotatable bonds is 8. The van der Waals surface area contributed by atoms with E-state index in [-0.39, 0.29) is 28.6 Å². The minimum atomic E-state index is -4.95. The summed E-state index contributed by atoms with van der Waals surface area (Å²) in [5.74, 6) is -9.14. The summed E-state index contributed by atoms with van der Waals surface area (Å²) < 4.78 is 82.2. The number of nitrogens with one attached hydrogen (secondary N) is 1. The Bertz CT molecular complexity index is 1280. The molecule has 1 aliphatic heterocycles. The number of ketones is 1. The summed E-state index contributed by atoms with van der Waals surface area (Å²) in [6, 6.07) is 4.11. The minimum Gasteiger partial charge on any atom is -0.482 e. The summed E-state index contributed by atoms with van der Waals surface area (Å²) in [4.78, 5) is 40.5. The molecule has 2 heterocycles. The SMILES string of the molecule is C[C@H]1[C@@H](c2ccc(F)c(F)c2OCC(=O)C2CC2)[C@H](C(=O)Nc2ccnc(C(N)=O)c2)O[C@@]1(C)C(F)(F)F. The molecule has 1 aliphatic carbocycles. The predicted molar refractivity (Wildman–Crippen MR) is 122 cm³/mol. The van der Waals surface area contributed by atoms with Gasteiger partial charge in [-0.25, -0.2) is 4.39 Å². The van der Waals surface area contributed by atoms with Gasteiger partial charge in [0.05, 0.1) is 0 Å². The third kappa shape index (κ3) is 5.06. The normalized spacial score (nSPS) is 25.2. The number of ether oxygens (including phenoxy) is 2. The number of carbonyl (C=O) groups is 3. The van der Waals surface area contributed by atoms with E-state index < -0.39 is 65.5 Å². The molecule has 1 aromatic heterocycles. The summed E-state index contributed by atoms with van der Waals surface area (Å²) >= 11 is 0. The van der Waals surface area contributed by atoms with Crippen molar-refractivity contribution >= 4 is 23.3 Å². The van der Waals surface area contributed by atoms with E-state index in [9.17, 15) is 36.3 Å². The molecule has 1 saturated carbocycles. The van der Waals surface area contributed by atoms with Crippen LogP contribution in [0.25, 0.3) is 0 Å². The Morgan fingerprint density at radius 1 is 1.21 bits per heavy atom.